The molecule has 4 aromatic carbocycles. The van der Waals surface area contributed by atoms with Crippen LogP contribution in [-0.2, 0) is 10.1 Å². The van der Waals surface area contributed by atoms with Gasteiger partial charge >= 0.3 is 7.48 Å². The summed E-state index contributed by atoms with van der Waals surface area (Å²) in [6, 6.07) is 32.2. The zero-order chi connectivity index (χ0) is 26.4. The molecule has 0 radical (unpaired) electrons. The minimum Gasteiger partial charge on any atom is -0.427 e. The van der Waals surface area contributed by atoms with Crippen molar-refractivity contribution >= 4 is 24.3 Å². The van der Waals surface area contributed by atoms with Crippen molar-refractivity contribution in [2.75, 3.05) is 5.32 Å². The van der Waals surface area contributed by atoms with E-state index in [1.165, 1.54) is 33.4 Å². The number of fused-ring (bicyclic) bond motifs is 3. The van der Waals surface area contributed by atoms with Gasteiger partial charge in [-0.2, -0.15) is 0 Å². The summed E-state index contributed by atoms with van der Waals surface area (Å²) >= 11 is 0. The molecule has 2 N–H and O–H groups in total. The standard InChI is InChI=1S/C33H36BNO2/c1-31(2)27-15-11-10-14-25(27)26-20-29(34-37-33(5,6)32(3,4)36)30(21-28(26)31)35-24-18-16-23(17-19-24)22-12-8-7-9-13-22/h7-21,34-36H,1-6H3. The molecule has 0 saturated heterocycles. The molecule has 0 aromatic heterocycles. The molecule has 0 spiro atoms. The molecule has 0 fully saturated rings. The van der Waals surface area contributed by atoms with Crippen LogP contribution >= 0.6 is 0 Å². The van der Waals surface area contributed by atoms with Gasteiger partial charge in [-0.1, -0.05) is 86.6 Å². The minimum absolute atomic E-state index is 0.0920. The summed E-state index contributed by atoms with van der Waals surface area (Å²) in [5.74, 6) is 0. The van der Waals surface area contributed by atoms with Crippen LogP contribution in [0.4, 0.5) is 11.4 Å². The Morgan fingerprint density at radius 3 is 2.03 bits per heavy atom. The topological polar surface area (TPSA) is 41.5 Å². The fraction of sp³-hybridized carbons (Fsp3) is 0.273. The first-order chi connectivity index (χ1) is 17.5. The fourth-order valence-electron chi connectivity index (χ4n) is 5.00. The Kier molecular flexibility index (Phi) is 6.30. The summed E-state index contributed by atoms with van der Waals surface area (Å²) in [6.45, 7) is 12.1. The minimum atomic E-state index is -0.973. The van der Waals surface area contributed by atoms with Crippen LogP contribution in [0.15, 0.2) is 91.0 Å². The lowest BCUT2D eigenvalue weighted by Crippen LogP contribution is -2.49. The molecular formula is C33H36BNO2. The molecule has 188 valence electrons. The van der Waals surface area contributed by atoms with E-state index in [9.17, 15) is 5.11 Å². The van der Waals surface area contributed by atoms with Gasteiger partial charge in [-0.05, 0) is 84.7 Å². The van der Waals surface area contributed by atoms with Gasteiger partial charge in [-0.15, -0.1) is 0 Å². The first-order valence-electron chi connectivity index (χ1n) is 13.0. The zero-order valence-electron chi connectivity index (χ0n) is 22.7. The predicted molar refractivity (Wildman–Crippen MR) is 157 cm³/mol. The molecule has 0 amide bonds. The quantitative estimate of drug-likeness (QED) is 0.276. The van der Waals surface area contributed by atoms with Crippen LogP contribution < -0.4 is 10.8 Å². The van der Waals surface area contributed by atoms with E-state index in [2.05, 4.69) is 104 Å². The molecule has 3 nitrogen and oxygen atoms in total. The Labute approximate surface area is 221 Å². The summed E-state index contributed by atoms with van der Waals surface area (Å²) in [5, 5.41) is 14.3. The lowest BCUT2D eigenvalue weighted by molar-refractivity contribution is -0.0893. The van der Waals surface area contributed by atoms with Gasteiger partial charge in [0.1, 0.15) is 0 Å². The van der Waals surface area contributed by atoms with E-state index in [0.717, 1.165) is 16.8 Å². The highest BCUT2D eigenvalue weighted by molar-refractivity contribution is 6.50. The molecule has 0 saturated carbocycles. The monoisotopic (exact) mass is 489 g/mol. The highest BCUT2D eigenvalue weighted by Gasteiger charge is 2.38. The second-order valence-corrected chi connectivity index (χ2v) is 11.7. The number of rotatable bonds is 7. The van der Waals surface area contributed by atoms with Crippen LogP contribution in [0.1, 0.15) is 52.7 Å². The molecule has 4 heteroatoms. The van der Waals surface area contributed by atoms with Crippen molar-refractivity contribution < 1.29 is 9.76 Å². The van der Waals surface area contributed by atoms with Gasteiger partial charge < -0.3 is 15.1 Å². The fourth-order valence-corrected chi connectivity index (χ4v) is 5.00. The Balaban J connectivity index is 1.53. The van der Waals surface area contributed by atoms with Crippen molar-refractivity contribution in [3.8, 4) is 22.3 Å². The van der Waals surface area contributed by atoms with E-state index in [1.807, 2.05) is 19.9 Å². The summed E-state index contributed by atoms with van der Waals surface area (Å²) in [7, 11) is 0.386. The third-order valence-electron chi connectivity index (χ3n) is 8.14. The molecule has 0 heterocycles. The first-order valence-corrected chi connectivity index (χ1v) is 13.0. The van der Waals surface area contributed by atoms with Gasteiger partial charge in [0.25, 0.3) is 0 Å². The highest BCUT2D eigenvalue weighted by Crippen LogP contribution is 2.49. The molecule has 4 aromatic rings. The van der Waals surface area contributed by atoms with Gasteiger partial charge in [-0.25, -0.2) is 0 Å². The molecule has 1 aliphatic carbocycles. The Hall–Kier alpha value is -3.34. The SMILES string of the molecule is CC1(C)c2ccccc2-c2cc(BOC(C)(C)C(C)(C)O)c(Nc3ccc(-c4ccccc4)cc3)cc21. The van der Waals surface area contributed by atoms with Crippen molar-refractivity contribution in [3.63, 3.8) is 0 Å². The van der Waals surface area contributed by atoms with Gasteiger partial charge in [0.15, 0.2) is 0 Å². The van der Waals surface area contributed by atoms with Gasteiger partial charge in [-0.3, -0.25) is 0 Å². The van der Waals surface area contributed by atoms with E-state index in [-0.39, 0.29) is 5.41 Å². The van der Waals surface area contributed by atoms with Crippen molar-refractivity contribution in [2.24, 2.45) is 0 Å². The lowest BCUT2D eigenvalue weighted by Gasteiger charge is -2.37. The molecule has 0 aliphatic heterocycles. The third-order valence-corrected chi connectivity index (χ3v) is 8.14. The largest absolute Gasteiger partial charge is 0.427 e. The number of hydrogen-bond acceptors (Lipinski definition) is 3. The Morgan fingerprint density at radius 1 is 0.730 bits per heavy atom. The first kappa shape index (κ1) is 25.3. The molecule has 5 rings (SSSR count). The number of hydrogen-bond donors (Lipinski definition) is 2. The number of anilines is 2. The summed E-state index contributed by atoms with van der Waals surface area (Å²) in [5.41, 5.74) is 8.92. The van der Waals surface area contributed by atoms with Crippen LogP contribution in [0.3, 0.4) is 0 Å². The van der Waals surface area contributed by atoms with Crippen LogP contribution in [0.5, 0.6) is 0 Å². The number of nitrogens with one attached hydrogen (secondary N) is 1. The normalized spacial score (nSPS) is 14.1. The van der Waals surface area contributed by atoms with Crippen molar-refractivity contribution in [2.45, 2.75) is 58.2 Å². The van der Waals surface area contributed by atoms with E-state index in [1.54, 1.807) is 13.8 Å². The van der Waals surface area contributed by atoms with Crippen molar-refractivity contribution in [1.82, 2.24) is 0 Å². The molecule has 0 bridgehead atoms. The average Bonchev–Trinajstić information content (AvgIpc) is 3.09. The molecule has 0 unspecified atom stereocenters. The summed E-state index contributed by atoms with van der Waals surface area (Å²) in [6.07, 6.45) is 0. The number of aliphatic hydroxyl groups is 1. The highest BCUT2D eigenvalue weighted by atomic mass is 16.5. The molecular weight excluding hydrogens is 453 g/mol. The second kappa shape index (κ2) is 9.20. The van der Waals surface area contributed by atoms with Crippen molar-refractivity contribution in [1.29, 1.82) is 0 Å². The summed E-state index contributed by atoms with van der Waals surface area (Å²) < 4.78 is 6.35. The zero-order valence-corrected chi connectivity index (χ0v) is 22.7. The smallest absolute Gasteiger partial charge is 0.311 e. The Morgan fingerprint density at radius 2 is 1.35 bits per heavy atom. The van der Waals surface area contributed by atoms with E-state index >= 15 is 0 Å². The maximum Gasteiger partial charge on any atom is 0.311 e. The van der Waals surface area contributed by atoms with Crippen LogP contribution in [-0.4, -0.2) is 23.8 Å². The second-order valence-electron chi connectivity index (χ2n) is 11.7. The average molecular weight is 489 g/mol. The van der Waals surface area contributed by atoms with Crippen LogP contribution in [0.25, 0.3) is 22.3 Å². The Bertz CT molecular complexity index is 1420. The van der Waals surface area contributed by atoms with Gasteiger partial charge in [0, 0.05) is 16.8 Å². The molecule has 1 aliphatic rings. The van der Waals surface area contributed by atoms with E-state index in [0.29, 0.717) is 7.48 Å². The van der Waals surface area contributed by atoms with Gasteiger partial charge in [0.05, 0.1) is 11.2 Å². The molecule has 37 heavy (non-hydrogen) atoms. The van der Waals surface area contributed by atoms with E-state index in [4.69, 9.17) is 4.65 Å². The van der Waals surface area contributed by atoms with Crippen molar-refractivity contribution in [3.05, 3.63) is 102 Å². The third kappa shape index (κ3) is 4.72. The maximum absolute atomic E-state index is 10.7. The summed E-state index contributed by atoms with van der Waals surface area (Å²) in [4.78, 5) is 0. The van der Waals surface area contributed by atoms with E-state index < -0.39 is 11.2 Å². The van der Waals surface area contributed by atoms with Crippen LogP contribution in [0, 0.1) is 0 Å². The predicted octanol–water partition coefficient (Wildman–Crippen LogP) is 6.95. The van der Waals surface area contributed by atoms with Crippen LogP contribution in [0.2, 0.25) is 0 Å². The number of benzene rings is 4. The maximum atomic E-state index is 10.7. The molecule has 0 atom stereocenters. The van der Waals surface area contributed by atoms with Gasteiger partial charge in [0.2, 0.25) is 0 Å². The lowest BCUT2D eigenvalue weighted by atomic mass is 9.78.